The van der Waals surface area contributed by atoms with Gasteiger partial charge >= 0.3 is 6.03 Å². The lowest BCUT2D eigenvalue weighted by atomic mass is 10.2. The van der Waals surface area contributed by atoms with Gasteiger partial charge in [0.2, 0.25) is 0 Å². The number of nitrogens with one attached hydrogen (secondary N) is 1. The average molecular weight is 311 g/mol. The number of hydrogen-bond acceptors (Lipinski definition) is 4. The first kappa shape index (κ1) is 14.8. The van der Waals surface area contributed by atoms with E-state index < -0.39 is 0 Å². The van der Waals surface area contributed by atoms with Crippen LogP contribution >= 0.6 is 0 Å². The summed E-state index contributed by atoms with van der Waals surface area (Å²) in [7, 11) is 1.72. The number of carbonyl (C=O) groups is 1. The van der Waals surface area contributed by atoms with E-state index in [1.54, 1.807) is 41.4 Å². The standard InChI is InChI=1S/C16H17N5O2/c1-20(12-14-4-2-9-23-14)16(22)18-11-13-5-7-17-15(10-13)21-8-3-6-19-21/h2-10H,11-12H2,1H3,(H,18,22). The molecule has 0 unspecified atom stereocenters. The molecule has 0 aliphatic heterocycles. The van der Waals surface area contributed by atoms with Crippen LogP contribution in [0.4, 0.5) is 4.79 Å². The van der Waals surface area contributed by atoms with Crippen LogP contribution in [0.25, 0.3) is 5.82 Å². The van der Waals surface area contributed by atoms with Crippen molar-refractivity contribution in [3.63, 3.8) is 0 Å². The Morgan fingerprint density at radius 2 is 2.26 bits per heavy atom. The van der Waals surface area contributed by atoms with Gasteiger partial charge in [-0.2, -0.15) is 5.10 Å². The van der Waals surface area contributed by atoms with Crippen molar-refractivity contribution in [1.29, 1.82) is 0 Å². The lowest BCUT2D eigenvalue weighted by molar-refractivity contribution is 0.202. The van der Waals surface area contributed by atoms with Crippen molar-refractivity contribution in [2.45, 2.75) is 13.1 Å². The Kier molecular flexibility index (Phi) is 4.37. The first-order valence-electron chi connectivity index (χ1n) is 7.18. The predicted molar refractivity (Wildman–Crippen MR) is 83.8 cm³/mol. The Balaban J connectivity index is 1.57. The Morgan fingerprint density at radius 3 is 3.00 bits per heavy atom. The summed E-state index contributed by atoms with van der Waals surface area (Å²) in [4.78, 5) is 17.9. The lowest BCUT2D eigenvalue weighted by Gasteiger charge is -2.16. The molecule has 3 aromatic rings. The van der Waals surface area contributed by atoms with E-state index in [-0.39, 0.29) is 6.03 Å². The first-order valence-corrected chi connectivity index (χ1v) is 7.18. The van der Waals surface area contributed by atoms with E-state index in [0.717, 1.165) is 11.3 Å². The minimum atomic E-state index is -0.168. The highest BCUT2D eigenvalue weighted by atomic mass is 16.3. The molecule has 0 atom stereocenters. The SMILES string of the molecule is CN(Cc1ccco1)C(=O)NCc1ccnc(-n2cccn2)c1. The zero-order chi connectivity index (χ0) is 16.1. The molecule has 0 spiro atoms. The molecule has 0 aliphatic rings. The van der Waals surface area contributed by atoms with Crippen LogP contribution in [0.15, 0.2) is 59.6 Å². The topological polar surface area (TPSA) is 76.2 Å². The second kappa shape index (κ2) is 6.78. The fraction of sp³-hybridized carbons (Fsp3) is 0.188. The van der Waals surface area contributed by atoms with Crippen molar-refractivity contribution in [1.82, 2.24) is 25.0 Å². The van der Waals surface area contributed by atoms with Crippen LogP contribution in [-0.4, -0.2) is 32.7 Å². The van der Waals surface area contributed by atoms with Gasteiger partial charge in [0.25, 0.3) is 0 Å². The van der Waals surface area contributed by atoms with Crippen LogP contribution in [0, 0.1) is 0 Å². The maximum absolute atomic E-state index is 12.1. The highest BCUT2D eigenvalue weighted by Gasteiger charge is 2.10. The van der Waals surface area contributed by atoms with Crippen LogP contribution in [0.3, 0.4) is 0 Å². The molecule has 0 saturated carbocycles. The molecule has 3 rings (SSSR count). The minimum absolute atomic E-state index is 0.168. The normalized spacial score (nSPS) is 10.5. The molecule has 0 aromatic carbocycles. The summed E-state index contributed by atoms with van der Waals surface area (Å²) >= 11 is 0. The third kappa shape index (κ3) is 3.76. The van der Waals surface area contributed by atoms with Crippen LogP contribution in [0.1, 0.15) is 11.3 Å². The van der Waals surface area contributed by atoms with Gasteiger partial charge in [-0.25, -0.2) is 14.5 Å². The average Bonchev–Trinajstić information content (AvgIpc) is 3.26. The molecule has 0 saturated heterocycles. The van der Waals surface area contributed by atoms with Gasteiger partial charge in [0.05, 0.1) is 12.8 Å². The zero-order valence-electron chi connectivity index (χ0n) is 12.7. The zero-order valence-corrected chi connectivity index (χ0v) is 12.7. The van der Waals surface area contributed by atoms with E-state index in [2.05, 4.69) is 15.4 Å². The van der Waals surface area contributed by atoms with Crippen molar-refractivity contribution in [3.05, 3.63) is 66.5 Å². The van der Waals surface area contributed by atoms with Crippen molar-refractivity contribution in [3.8, 4) is 5.82 Å². The largest absolute Gasteiger partial charge is 0.467 e. The summed E-state index contributed by atoms with van der Waals surface area (Å²) < 4.78 is 6.91. The molecule has 3 heterocycles. The molecule has 0 bridgehead atoms. The van der Waals surface area contributed by atoms with Crippen molar-refractivity contribution >= 4 is 6.03 Å². The minimum Gasteiger partial charge on any atom is -0.467 e. The van der Waals surface area contributed by atoms with E-state index in [4.69, 9.17) is 4.42 Å². The molecule has 0 fully saturated rings. The number of hydrogen-bond donors (Lipinski definition) is 1. The van der Waals surface area contributed by atoms with Gasteiger partial charge in [0.15, 0.2) is 5.82 Å². The fourth-order valence-corrected chi connectivity index (χ4v) is 2.12. The molecule has 7 heteroatoms. The summed E-state index contributed by atoms with van der Waals surface area (Å²) in [5.41, 5.74) is 0.949. The first-order chi connectivity index (χ1) is 11.2. The summed E-state index contributed by atoms with van der Waals surface area (Å²) in [5, 5.41) is 7.01. The number of rotatable bonds is 5. The Morgan fingerprint density at radius 1 is 1.35 bits per heavy atom. The molecular formula is C16H17N5O2. The third-order valence-electron chi connectivity index (χ3n) is 3.31. The summed E-state index contributed by atoms with van der Waals surface area (Å²) in [5.74, 6) is 1.46. The number of pyridine rings is 1. The monoisotopic (exact) mass is 311 g/mol. The number of aromatic nitrogens is 3. The Hall–Kier alpha value is -3.09. The summed E-state index contributed by atoms with van der Waals surface area (Å²) in [6.07, 6.45) is 6.81. The third-order valence-corrected chi connectivity index (χ3v) is 3.31. The van der Waals surface area contributed by atoms with Gasteiger partial charge in [0.1, 0.15) is 5.76 Å². The molecule has 118 valence electrons. The fourth-order valence-electron chi connectivity index (χ4n) is 2.12. The van der Waals surface area contributed by atoms with Gasteiger partial charge in [-0.15, -0.1) is 0 Å². The number of amides is 2. The maximum atomic E-state index is 12.1. The molecule has 0 aliphatic carbocycles. The number of carbonyl (C=O) groups excluding carboxylic acids is 1. The second-order valence-corrected chi connectivity index (χ2v) is 5.07. The Labute approximate surface area is 133 Å². The van der Waals surface area contributed by atoms with Gasteiger partial charge in [0, 0.05) is 32.2 Å². The van der Waals surface area contributed by atoms with Crippen LogP contribution < -0.4 is 5.32 Å². The van der Waals surface area contributed by atoms with Gasteiger partial charge < -0.3 is 14.6 Å². The number of nitrogens with zero attached hydrogens (tertiary/aromatic N) is 4. The molecule has 0 radical (unpaired) electrons. The van der Waals surface area contributed by atoms with E-state index in [1.165, 1.54) is 0 Å². The predicted octanol–water partition coefficient (Wildman–Crippen LogP) is 2.20. The Bertz CT molecular complexity index is 753. The molecule has 23 heavy (non-hydrogen) atoms. The van der Waals surface area contributed by atoms with Crippen molar-refractivity contribution in [2.24, 2.45) is 0 Å². The highest BCUT2D eigenvalue weighted by Crippen LogP contribution is 2.07. The smallest absolute Gasteiger partial charge is 0.317 e. The number of furan rings is 1. The quantitative estimate of drug-likeness (QED) is 0.783. The second-order valence-electron chi connectivity index (χ2n) is 5.07. The van der Waals surface area contributed by atoms with Crippen molar-refractivity contribution < 1.29 is 9.21 Å². The molecule has 7 nitrogen and oxygen atoms in total. The van der Waals surface area contributed by atoms with Gasteiger partial charge in [-0.05, 0) is 35.9 Å². The van der Waals surface area contributed by atoms with Crippen LogP contribution in [0.2, 0.25) is 0 Å². The van der Waals surface area contributed by atoms with Gasteiger partial charge in [-0.1, -0.05) is 0 Å². The van der Waals surface area contributed by atoms with Crippen LogP contribution in [0.5, 0.6) is 0 Å². The number of urea groups is 1. The summed E-state index contributed by atoms with van der Waals surface area (Å²) in [6.45, 7) is 0.839. The van der Waals surface area contributed by atoms with E-state index in [0.29, 0.717) is 18.9 Å². The van der Waals surface area contributed by atoms with E-state index >= 15 is 0 Å². The lowest BCUT2D eigenvalue weighted by Crippen LogP contribution is -2.36. The molecule has 3 aromatic heterocycles. The van der Waals surface area contributed by atoms with Crippen molar-refractivity contribution in [2.75, 3.05) is 7.05 Å². The molecular weight excluding hydrogens is 294 g/mol. The highest BCUT2D eigenvalue weighted by molar-refractivity contribution is 5.73. The molecule has 1 N–H and O–H groups in total. The van der Waals surface area contributed by atoms with Gasteiger partial charge in [-0.3, -0.25) is 0 Å². The summed E-state index contributed by atoms with van der Waals surface area (Å²) in [6, 6.07) is 9.05. The molecule has 2 amide bonds. The van der Waals surface area contributed by atoms with E-state index in [1.807, 2.05) is 30.5 Å². The van der Waals surface area contributed by atoms with Crippen LogP contribution in [-0.2, 0) is 13.1 Å². The maximum Gasteiger partial charge on any atom is 0.317 e. The van der Waals surface area contributed by atoms with E-state index in [9.17, 15) is 4.79 Å².